The summed E-state index contributed by atoms with van der Waals surface area (Å²) in [6.45, 7) is 16.2. The van der Waals surface area contributed by atoms with Crippen molar-refractivity contribution >= 4 is 11.6 Å². The molecule has 1 aromatic rings. The molecular weight excluding hydrogens is 248 g/mol. The Morgan fingerprint density at radius 2 is 1.60 bits per heavy atom. The van der Waals surface area contributed by atoms with Gasteiger partial charge in [-0.15, -0.1) is 0 Å². The molecule has 1 aromatic heterocycles. The molecule has 0 bridgehead atoms. The number of anilines is 2. The van der Waals surface area contributed by atoms with Gasteiger partial charge in [0.2, 0.25) is 0 Å². The lowest BCUT2D eigenvalue weighted by atomic mass is 9.82. The van der Waals surface area contributed by atoms with Gasteiger partial charge in [-0.3, -0.25) is 0 Å². The van der Waals surface area contributed by atoms with Crippen molar-refractivity contribution in [2.75, 3.05) is 17.2 Å². The van der Waals surface area contributed by atoms with Gasteiger partial charge in [0, 0.05) is 24.6 Å². The number of hydrogen-bond acceptors (Lipinski definition) is 4. The fourth-order valence-electron chi connectivity index (χ4n) is 2.71. The van der Waals surface area contributed by atoms with Crippen molar-refractivity contribution in [3.05, 3.63) is 11.9 Å². The minimum absolute atomic E-state index is 0.00109. The molecule has 0 aliphatic heterocycles. The number of aromatic nitrogens is 2. The number of aryl methyl sites for hydroxylation is 1. The molecule has 0 aromatic carbocycles. The van der Waals surface area contributed by atoms with Gasteiger partial charge in [-0.25, -0.2) is 9.97 Å². The summed E-state index contributed by atoms with van der Waals surface area (Å²) in [7, 11) is 0. The summed E-state index contributed by atoms with van der Waals surface area (Å²) >= 11 is 0. The zero-order chi connectivity index (χ0) is 15.4. The van der Waals surface area contributed by atoms with Crippen LogP contribution in [0.4, 0.5) is 11.6 Å². The molecule has 0 aliphatic rings. The maximum absolute atomic E-state index is 4.59. The maximum Gasteiger partial charge on any atom is 0.132 e. The molecule has 0 fully saturated rings. The SMILES string of the molecule is CCNc1cc(NC(C)(C)CC(C)(C)C)nc(CC)n1. The van der Waals surface area contributed by atoms with E-state index in [-0.39, 0.29) is 11.0 Å². The Hall–Kier alpha value is -1.32. The van der Waals surface area contributed by atoms with Crippen LogP contribution in [0.2, 0.25) is 0 Å². The predicted octanol–water partition coefficient (Wildman–Crippen LogP) is 4.10. The van der Waals surface area contributed by atoms with Crippen molar-refractivity contribution in [2.45, 2.75) is 66.8 Å². The molecule has 1 rings (SSSR count). The first kappa shape index (κ1) is 16.7. The lowest BCUT2D eigenvalue weighted by Crippen LogP contribution is -2.35. The molecule has 4 nitrogen and oxygen atoms in total. The first-order chi connectivity index (χ1) is 9.15. The standard InChI is InChI=1S/C16H30N4/c1-8-12-18-13(17-9-2)10-14(19-12)20-16(6,7)11-15(3,4)5/h10H,8-9,11H2,1-7H3,(H2,17,18,19,20). The zero-order valence-corrected chi connectivity index (χ0v) is 14.1. The Morgan fingerprint density at radius 1 is 1.00 bits per heavy atom. The second kappa shape index (κ2) is 6.42. The Morgan fingerprint density at radius 3 is 2.10 bits per heavy atom. The first-order valence-corrected chi connectivity index (χ1v) is 7.55. The van der Waals surface area contributed by atoms with Crippen molar-refractivity contribution in [2.24, 2.45) is 5.41 Å². The third-order valence-corrected chi connectivity index (χ3v) is 2.89. The van der Waals surface area contributed by atoms with Crippen LogP contribution in [-0.2, 0) is 6.42 Å². The van der Waals surface area contributed by atoms with E-state index >= 15 is 0 Å². The van der Waals surface area contributed by atoms with E-state index in [1.807, 2.05) is 6.07 Å². The number of rotatable bonds is 6. The summed E-state index contributed by atoms with van der Waals surface area (Å²) < 4.78 is 0. The van der Waals surface area contributed by atoms with E-state index in [0.717, 1.165) is 36.8 Å². The van der Waals surface area contributed by atoms with E-state index in [1.165, 1.54) is 0 Å². The molecule has 0 saturated heterocycles. The lowest BCUT2D eigenvalue weighted by molar-refractivity contribution is 0.302. The highest BCUT2D eigenvalue weighted by molar-refractivity contribution is 5.48. The quantitative estimate of drug-likeness (QED) is 0.822. The van der Waals surface area contributed by atoms with E-state index in [1.54, 1.807) is 0 Å². The van der Waals surface area contributed by atoms with Crippen LogP contribution in [0.5, 0.6) is 0 Å². The van der Waals surface area contributed by atoms with Gasteiger partial charge in [-0.1, -0.05) is 27.7 Å². The van der Waals surface area contributed by atoms with Crippen LogP contribution in [-0.4, -0.2) is 22.1 Å². The summed E-state index contributed by atoms with van der Waals surface area (Å²) in [6, 6.07) is 1.99. The molecule has 4 heteroatoms. The highest BCUT2D eigenvalue weighted by Gasteiger charge is 2.25. The van der Waals surface area contributed by atoms with Crippen LogP contribution in [0.3, 0.4) is 0 Å². The minimum Gasteiger partial charge on any atom is -0.370 e. The Labute approximate surface area is 123 Å². The van der Waals surface area contributed by atoms with Crippen molar-refractivity contribution in [1.82, 2.24) is 9.97 Å². The second-order valence-corrected chi connectivity index (χ2v) is 7.18. The van der Waals surface area contributed by atoms with E-state index in [4.69, 9.17) is 0 Å². The first-order valence-electron chi connectivity index (χ1n) is 7.55. The van der Waals surface area contributed by atoms with Crippen molar-refractivity contribution in [3.63, 3.8) is 0 Å². The molecule has 0 aliphatic carbocycles. The van der Waals surface area contributed by atoms with Crippen LogP contribution in [0, 0.1) is 5.41 Å². The summed E-state index contributed by atoms with van der Waals surface area (Å²) in [5.74, 6) is 2.67. The van der Waals surface area contributed by atoms with Gasteiger partial charge in [0.25, 0.3) is 0 Å². The highest BCUT2D eigenvalue weighted by atomic mass is 15.1. The lowest BCUT2D eigenvalue weighted by Gasteiger charge is -2.33. The molecular formula is C16H30N4. The van der Waals surface area contributed by atoms with Crippen molar-refractivity contribution in [3.8, 4) is 0 Å². The van der Waals surface area contributed by atoms with Crippen molar-refractivity contribution in [1.29, 1.82) is 0 Å². The van der Waals surface area contributed by atoms with Gasteiger partial charge < -0.3 is 10.6 Å². The molecule has 0 atom stereocenters. The molecule has 114 valence electrons. The van der Waals surface area contributed by atoms with Gasteiger partial charge in [0.15, 0.2) is 0 Å². The monoisotopic (exact) mass is 278 g/mol. The second-order valence-electron chi connectivity index (χ2n) is 7.18. The fourth-order valence-corrected chi connectivity index (χ4v) is 2.71. The number of nitrogens with one attached hydrogen (secondary N) is 2. The zero-order valence-electron chi connectivity index (χ0n) is 14.1. The van der Waals surface area contributed by atoms with Crippen LogP contribution in [0.25, 0.3) is 0 Å². The smallest absolute Gasteiger partial charge is 0.132 e. The van der Waals surface area contributed by atoms with Gasteiger partial charge in [-0.05, 0) is 32.6 Å². The summed E-state index contributed by atoms with van der Waals surface area (Å²) in [4.78, 5) is 9.07. The molecule has 0 radical (unpaired) electrons. The topological polar surface area (TPSA) is 49.8 Å². The van der Waals surface area contributed by atoms with Gasteiger partial charge in [0.1, 0.15) is 17.5 Å². The van der Waals surface area contributed by atoms with Crippen LogP contribution < -0.4 is 10.6 Å². The van der Waals surface area contributed by atoms with Crippen LogP contribution in [0.1, 0.15) is 60.7 Å². The summed E-state index contributed by atoms with van der Waals surface area (Å²) in [5.41, 5.74) is 0.280. The van der Waals surface area contributed by atoms with E-state index in [9.17, 15) is 0 Å². The molecule has 0 saturated carbocycles. The fraction of sp³-hybridized carbons (Fsp3) is 0.750. The summed E-state index contributed by atoms with van der Waals surface area (Å²) in [5, 5.41) is 6.82. The molecule has 20 heavy (non-hydrogen) atoms. The van der Waals surface area contributed by atoms with E-state index < -0.39 is 0 Å². The maximum atomic E-state index is 4.59. The molecule has 0 amide bonds. The minimum atomic E-state index is 0.00109. The van der Waals surface area contributed by atoms with E-state index in [2.05, 4.69) is 69.1 Å². The highest BCUT2D eigenvalue weighted by Crippen LogP contribution is 2.29. The van der Waals surface area contributed by atoms with Gasteiger partial charge in [-0.2, -0.15) is 0 Å². The Bertz CT molecular complexity index is 433. The molecule has 2 N–H and O–H groups in total. The molecule has 0 spiro atoms. The predicted molar refractivity (Wildman–Crippen MR) is 87.3 cm³/mol. The van der Waals surface area contributed by atoms with Crippen LogP contribution >= 0.6 is 0 Å². The number of nitrogens with zero attached hydrogens (tertiary/aromatic N) is 2. The number of hydrogen-bond donors (Lipinski definition) is 2. The van der Waals surface area contributed by atoms with Crippen LogP contribution in [0.15, 0.2) is 6.07 Å². The molecule has 1 heterocycles. The van der Waals surface area contributed by atoms with Gasteiger partial charge >= 0.3 is 0 Å². The largest absolute Gasteiger partial charge is 0.370 e. The normalized spacial score (nSPS) is 12.3. The Balaban J connectivity index is 2.92. The van der Waals surface area contributed by atoms with Gasteiger partial charge in [0.05, 0.1) is 0 Å². The third-order valence-electron chi connectivity index (χ3n) is 2.89. The van der Waals surface area contributed by atoms with E-state index in [0.29, 0.717) is 0 Å². The average molecular weight is 278 g/mol. The summed E-state index contributed by atoms with van der Waals surface area (Å²) in [6.07, 6.45) is 1.91. The Kier molecular flexibility index (Phi) is 5.37. The third kappa shape index (κ3) is 5.76. The molecule has 0 unspecified atom stereocenters. The van der Waals surface area contributed by atoms with Crippen molar-refractivity contribution < 1.29 is 0 Å². The average Bonchev–Trinajstić information content (AvgIpc) is 2.24.